The number of nitrogens with zero attached hydrogens (tertiary/aromatic N) is 1. The van der Waals surface area contributed by atoms with E-state index in [9.17, 15) is 4.79 Å². The van der Waals surface area contributed by atoms with Crippen molar-refractivity contribution < 1.29 is 9.90 Å². The Balaban J connectivity index is 2.33. The molecule has 0 aliphatic heterocycles. The average molecular weight is 201 g/mol. The van der Waals surface area contributed by atoms with Crippen LogP contribution >= 0.6 is 0 Å². The van der Waals surface area contributed by atoms with Crippen molar-refractivity contribution >= 4 is 16.9 Å². The largest absolute Gasteiger partial charge is 0.478 e. The number of aromatic nitrogens is 1. The molecule has 0 unspecified atom stereocenters. The van der Waals surface area contributed by atoms with Gasteiger partial charge in [0.2, 0.25) is 0 Å². The average Bonchev–Trinajstić information content (AvgIpc) is 2.97. The van der Waals surface area contributed by atoms with Crippen molar-refractivity contribution in [2.24, 2.45) is 0 Å². The SMILES string of the molecule is O=C(O)c1cccc2ccn(C3CC3)c12. The molecule has 1 aliphatic carbocycles. The van der Waals surface area contributed by atoms with Crippen LogP contribution in [-0.4, -0.2) is 15.6 Å². The summed E-state index contributed by atoms with van der Waals surface area (Å²) in [6.07, 6.45) is 4.32. The minimum Gasteiger partial charge on any atom is -0.478 e. The Labute approximate surface area is 86.9 Å². The van der Waals surface area contributed by atoms with E-state index in [2.05, 4.69) is 4.57 Å². The molecule has 0 bridgehead atoms. The van der Waals surface area contributed by atoms with Gasteiger partial charge in [0.1, 0.15) is 0 Å². The molecule has 1 N–H and O–H groups in total. The van der Waals surface area contributed by atoms with Crippen molar-refractivity contribution in [1.29, 1.82) is 0 Å². The second-order valence-electron chi connectivity index (χ2n) is 4.00. The zero-order valence-electron chi connectivity index (χ0n) is 8.18. The molecular weight excluding hydrogens is 190 g/mol. The Morgan fingerprint density at radius 1 is 1.33 bits per heavy atom. The van der Waals surface area contributed by atoms with Crippen LogP contribution in [0.25, 0.3) is 10.9 Å². The van der Waals surface area contributed by atoms with Crippen LogP contribution in [0.2, 0.25) is 0 Å². The van der Waals surface area contributed by atoms with Gasteiger partial charge in [-0.15, -0.1) is 0 Å². The van der Waals surface area contributed by atoms with Crippen molar-refractivity contribution in [3.05, 3.63) is 36.0 Å². The zero-order chi connectivity index (χ0) is 10.4. The van der Waals surface area contributed by atoms with Gasteiger partial charge in [0.25, 0.3) is 0 Å². The highest BCUT2D eigenvalue weighted by atomic mass is 16.4. The molecule has 1 aromatic heterocycles. The lowest BCUT2D eigenvalue weighted by molar-refractivity contribution is 0.0698. The molecule has 3 nitrogen and oxygen atoms in total. The summed E-state index contributed by atoms with van der Waals surface area (Å²) in [4.78, 5) is 11.1. The van der Waals surface area contributed by atoms with E-state index in [0.29, 0.717) is 11.6 Å². The van der Waals surface area contributed by atoms with Gasteiger partial charge in [-0.05, 0) is 25.0 Å². The third kappa shape index (κ3) is 1.23. The van der Waals surface area contributed by atoms with Crippen LogP contribution in [-0.2, 0) is 0 Å². The van der Waals surface area contributed by atoms with Crippen LogP contribution in [0, 0.1) is 0 Å². The van der Waals surface area contributed by atoms with Crippen LogP contribution in [0.1, 0.15) is 29.2 Å². The first-order valence-electron chi connectivity index (χ1n) is 5.10. The molecule has 2 aromatic rings. The van der Waals surface area contributed by atoms with Gasteiger partial charge in [0.05, 0.1) is 11.1 Å². The predicted octanol–water partition coefficient (Wildman–Crippen LogP) is 2.67. The minimum atomic E-state index is -0.846. The fourth-order valence-corrected chi connectivity index (χ4v) is 2.05. The summed E-state index contributed by atoms with van der Waals surface area (Å²) in [7, 11) is 0. The van der Waals surface area contributed by atoms with E-state index in [0.717, 1.165) is 23.7 Å². The molecule has 0 amide bonds. The first kappa shape index (κ1) is 8.53. The lowest BCUT2D eigenvalue weighted by Gasteiger charge is -2.05. The van der Waals surface area contributed by atoms with Gasteiger partial charge in [-0.3, -0.25) is 0 Å². The van der Waals surface area contributed by atoms with Crippen LogP contribution < -0.4 is 0 Å². The smallest absolute Gasteiger partial charge is 0.337 e. The van der Waals surface area contributed by atoms with Gasteiger partial charge in [0.15, 0.2) is 0 Å². The van der Waals surface area contributed by atoms with E-state index in [1.165, 1.54) is 0 Å². The van der Waals surface area contributed by atoms with E-state index < -0.39 is 5.97 Å². The number of aromatic carboxylic acids is 1. The molecule has 1 heterocycles. The maximum Gasteiger partial charge on any atom is 0.337 e. The third-order valence-corrected chi connectivity index (χ3v) is 2.91. The molecule has 1 aromatic carbocycles. The van der Waals surface area contributed by atoms with Crippen molar-refractivity contribution in [3.63, 3.8) is 0 Å². The van der Waals surface area contributed by atoms with E-state index in [4.69, 9.17) is 5.11 Å². The summed E-state index contributed by atoms with van der Waals surface area (Å²) in [5.41, 5.74) is 1.27. The van der Waals surface area contributed by atoms with E-state index in [1.54, 1.807) is 12.1 Å². The number of carboxylic acids is 1. The highest BCUT2D eigenvalue weighted by molar-refractivity contribution is 6.02. The summed E-state index contributed by atoms with van der Waals surface area (Å²) < 4.78 is 2.10. The maximum absolute atomic E-state index is 11.1. The molecule has 0 saturated heterocycles. The van der Waals surface area contributed by atoms with Crippen LogP contribution in [0.15, 0.2) is 30.5 Å². The van der Waals surface area contributed by atoms with Gasteiger partial charge in [-0.25, -0.2) is 4.79 Å². The van der Waals surface area contributed by atoms with Gasteiger partial charge in [-0.1, -0.05) is 12.1 Å². The fraction of sp³-hybridized carbons (Fsp3) is 0.250. The molecule has 1 saturated carbocycles. The molecule has 76 valence electrons. The molecule has 0 spiro atoms. The van der Waals surface area contributed by atoms with Crippen LogP contribution in [0.3, 0.4) is 0 Å². The van der Waals surface area contributed by atoms with Gasteiger partial charge in [-0.2, -0.15) is 0 Å². The lowest BCUT2D eigenvalue weighted by atomic mass is 10.1. The quantitative estimate of drug-likeness (QED) is 0.811. The van der Waals surface area contributed by atoms with E-state index in [1.807, 2.05) is 18.3 Å². The van der Waals surface area contributed by atoms with Crippen molar-refractivity contribution in [1.82, 2.24) is 4.57 Å². The second-order valence-corrected chi connectivity index (χ2v) is 4.00. The summed E-state index contributed by atoms with van der Waals surface area (Å²) in [5, 5.41) is 10.1. The van der Waals surface area contributed by atoms with Crippen molar-refractivity contribution in [2.45, 2.75) is 18.9 Å². The zero-order valence-corrected chi connectivity index (χ0v) is 8.18. The van der Waals surface area contributed by atoms with Gasteiger partial charge in [0, 0.05) is 17.6 Å². The van der Waals surface area contributed by atoms with Gasteiger partial charge < -0.3 is 9.67 Å². The summed E-state index contributed by atoms with van der Waals surface area (Å²) in [6, 6.07) is 7.93. The Hall–Kier alpha value is -1.77. The predicted molar refractivity (Wildman–Crippen MR) is 57.2 cm³/mol. The number of hydrogen-bond acceptors (Lipinski definition) is 1. The monoisotopic (exact) mass is 201 g/mol. The number of para-hydroxylation sites is 1. The Bertz CT molecular complexity index is 538. The number of carboxylic acid groups (broad SMARTS) is 1. The maximum atomic E-state index is 11.1. The Morgan fingerprint density at radius 2 is 2.13 bits per heavy atom. The van der Waals surface area contributed by atoms with E-state index >= 15 is 0 Å². The summed E-state index contributed by atoms with van der Waals surface area (Å²) in [5.74, 6) is -0.846. The normalized spacial score (nSPS) is 15.7. The van der Waals surface area contributed by atoms with Gasteiger partial charge >= 0.3 is 5.97 Å². The number of fused-ring (bicyclic) bond motifs is 1. The molecule has 1 fully saturated rings. The second kappa shape index (κ2) is 2.86. The molecular formula is C12H11NO2. The fourth-order valence-electron chi connectivity index (χ4n) is 2.05. The number of carbonyl (C=O) groups is 1. The van der Waals surface area contributed by atoms with E-state index in [-0.39, 0.29) is 0 Å². The third-order valence-electron chi connectivity index (χ3n) is 2.91. The number of rotatable bonds is 2. The Kier molecular flexibility index (Phi) is 1.63. The van der Waals surface area contributed by atoms with Crippen LogP contribution in [0.4, 0.5) is 0 Å². The summed E-state index contributed by atoms with van der Waals surface area (Å²) >= 11 is 0. The van der Waals surface area contributed by atoms with Crippen LogP contribution in [0.5, 0.6) is 0 Å². The Morgan fingerprint density at radius 3 is 2.80 bits per heavy atom. The molecule has 3 heteroatoms. The first-order valence-corrected chi connectivity index (χ1v) is 5.10. The van der Waals surface area contributed by atoms with Crippen molar-refractivity contribution in [3.8, 4) is 0 Å². The molecule has 0 atom stereocenters. The summed E-state index contributed by atoms with van der Waals surface area (Å²) in [6.45, 7) is 0. The molecule has 0 radical (unpaired) electrons. The topological polar surface area (TPSA) is 42.2 Å². The highest BCUT2D eigenvalue weighted by Gasteiger charge is 2.26. The minimum absolute atomic E-state index is 0.407. The standard InChI is InChI=1S/C12H11NO2/c14-12(15)10-3-1-2-8-6-7-13(11(8)10)9-4-5-9/h1-3,6-7,9H,4-5H2,(H,14,15). The number of hydrogen-bond donors (Lipinski definition) is 1. The lowest BCUT2D eigenvalue weighted by Crippen LogP contribution is -2.01. The van der Waals surface area contributed by atoms with Crippen molar-refractivity contribution in [2.75, 3.05) is 0 Å². The molecule has 1 aliphatic rings. The molecule has 15 heavy (non-hydrogen) atoms. The number of benzene rings is 1. The first-order chi connectivity index (χ1) is 7.27. The highest BCUT2D eigenvalue weighted by Crippen LogP contribution is 2.38. The molecule has 3 rings (SSSR count).